The van der Waals surface area contributed by atoms with Crippen molar-refractivity contribution in [2.45, 2.75) is 32.9 Å². The molecule has 0 saturated carbocycles. The monoisotopic (exact) mass is 646 g/mol. The van der Waals surface area contributed by atoms with Crippen LogP contribution in [0.25, 0.3) is 38.9 Å². The van der Waals surface area contributed by atoms with Crippen LogP contribution < -0.4 is 85.5 Å². The molecule has 5 aromatic rings. The summed E-state index contributed by atoms with van der Waals surface area (Å²) in [6.45, 7) is 3.61. The van der Waals surface area contributed by atoms with Crippen molar-refractivity contribution in [2.24, 2.45) is 0 Å². The Morgan fingerprint density at radius 2 is 1.69 bits per heavy atom. The zero-order valence-corrected chi connectivity index (χ0v) is 29.7. The van der Waals surface area contributed by atoms with Crippen molar-refractivity contribution in [3.63, 3.8) is 0 Å². The fourth-order valence-corrected chi connectivity index (χ4v) is 4.56. The first-order chi connectivity index (χ1) is 20.3. The minimum Gasteiger partial charge on any atom is -0.790 e. The SMILES string of the molecule is CC(=O)Nc1ncc(-c2ccc3ncc4c(=O)n(COP(=O)([O-])[O-])c(=O)n(-c5ccc(C(C)(C)C#N)cc5)c4c3n2)cn1.[Na+].[Na+]. The largest absolute Gasteiger partial charge is 1.00 e. The number of phosphoric acid groups is 1. The number of nitrogens with zero attached hydrogens (tertiary/aromatic N) is 7. The standard InChI is InChI=1S/C27H23N8O7P.2Na/c1-15(36)32-25-30-10-16(11-31-25)20-8-9-21-22(33-20)23-19(12-29-21)24(37)34(14-42-43(39,40)41)26(38)35(23)18-6-4-17(5-7-18)27(2,3)13-28;;/h4-12H,14H2,1-3H3,(H2,39,40,41)(H,30,31,32,36);;/q;2*+1/p-2. The number of hydrogen-bond acceptors (Lipinski definition) is 12. The van der Waals surface area contributed by atoms with Crippen LogP contribution in [0.15, 0.2) is 64.6 Å². The van der Waals surface area contributed by atoms with Crippen LogP contribution in [0.1, 0.15) is 26.3 Å². The molecule has 1 N–H and O–H groups in total. The van der Waals surface area contributed by atoms with Gasteiger partial charge in [-0.15, -0.1) is 0 Å². The second kappa shape index (κ2) is 14.1. The Bertz CT molecular complexity index is 2120. The summed E-state index contributed by atoms with van der Waals surface area (Å²) < 4.78 is 17.0. The minimum atomic E-state index is -5.54. The number of aromatic nitrogens is 6. The number of pyridine rings is 2. The van der Waals surface area contributed by atoms with Gasteiger partial charge in [0.2, 0.25) is 11.9 Å². The topological polar surface area (TPSA) is 221 Å². The molecule has 18 heteroatoms. The summed E-state index contributed by atoms with van der Waals surface area (Å²) in [5.41, 5.74) is -0.599. The molecule has 0 atom stereocenters. The third-order valence-electron chi connectivity index (χ3n) is 6.51. The summed E-state index contributed by atoms with van der Waals surface area (Å²) in [6.07, 6.45) is 4.07. The van der Waals surface area contributed by atoms with E-state index in [1.54, 1.807) is 50.2 Å². The van der Waals surface area contributed by atoms with Crippen LogP contribution in [0, 0.1) is 11.3 Å². The van der Waals surface area contributed by atoms with Crippen LogP contribution in [0.5, 0.6) is 0 Å². The second-order valence-corrected chi connectivity index (χ2v) is 11.1. The van der Waals surface area contributed by atoms with E-state index in [4.69, 9.17) is 0 Å². The Kier molecular flexibility index (Phi) is 11.4. The number of fused-ring (bicyclic) bond motifs is 3. The summed E-state index contributed by atoms with van der Waals surface area (Å²) in [5, 5.41) is 11.9. The molecular weight excluding hydrogens is 625 g/mol. The molecule has 0 spiro atoms. The Morgan fingerprint density at radius 3 is 2.27 bits per heavy atom. The van der Waals surface area contributed by atoms with Crippen molar-refractivity contribution in [1.82, 2.24) is 29.1 Å². The van der Waals surface area contributed by atoms with Gasteiger partial charge < -0.3 is 18.9 Å². The first kappa shape index (κ1) is 36.3. The Labute approximate surface area is 299 Å². The van der Waals surface area contributed by atoms with Gasteiger partial charge in [0.05, 0.1) is 47.1 Å². The van der Waals surface area contributed by atoms with E-state index in [0.29, 0.717) is 26.9 Å². The predicted molar refractivity (Wildman–Crippen MR) is 150 cm³/mol. The molecule has 0 saturated heterocycles. The number of nitriles is 1. The molecule has 218 valence electrons. The van der Waals surface area contributed by atoms with Gasteiger partial charge in [0.1, 0.15) is 12.2 Å². The Morgan fingerprint density at radius 1 is 1.04 bits per heavy atom. The van der Waals surface area contributed by atoms with Crippen LogP contribution in [0.4, 0.5) is 5.95 Å². The van der Waals surface area contributed by atoms with Gasteiger partial charge >= 0.3 is 64.8 Å². The number of phosphoric ester groups is 1. The van der Waals surface area contributed by atoms with E-state index in [-0.39, 0.29) is 93.1 Å². The van der Waals surface area contributed by atoms with Crippen LogP contribution in [-0.4, -0.2) is 35.0 Å². The average molecular weight is 646 g/mol. The van der Waals surface area contributed by atoms with Gasteiger partial charge in [0.25, 0.3) is 5.56 Å². The maximum Gasteiger partial charge on any atom is 1.00 e. The van der Waals surface area contributed by atoms with Gasteiger partial charge in [0.15, 0.2) is 0 Å². The third-order valence-corrected chi connectivity index (χ3v) is 6.95. The fraction of sp³-hybridized carbons (Fsp3) is 0.185. The fourth-order valence-electron chi connectivity index (χ4n) is 4.30. The van der Waals surface area contributed by atoms with E-state index in [2.05, 4.69) is 35.8 Å². The molecule has 5 rings (SSSR count). The van der Waals surface area contributed by atoms with E-state index in [9.17, 15) is 34.0 Å². The number of hydrogen-bond donors (Lipinski definition) is 1. The van der Waals surface area contributed by atoms with Crippen molar-refractivity contribution >= 4 is 41.6 Å². The average Bonchev–Trinajstić information content (AvgIpc) is 2.96. The normalized spacial score (nSPS) is 11.4. The molecule has 1 aromatic carbocycles. The van der Waals surface area contributed by atoms with Crippen molar-refractivity contribution < 1.29 is 82.8 Å². The number of nitrogens with one attached hydrogen (secondary N) is 1. The van der Waals surface area contributed by atoms with Gasteiger partial charge in [0, 0.05) is 31.1 Å². The summed E-state index contributed by atoms with van der Waals surface area (Å²) >= 11 is 0. The Balaban J connectivity index is 0.00000276. The number of amides is 1. The minimum absolute atomic E-state index is 0. The van der Waals surface area contributed by atoms with Crippen LogP contribution >= 0.6 is 7.82 Å². The molecule has 4 heterocycles. The van der Waals surface area contributed by atoms with Gasteiger partial charge in [-0.1, -0.05) is 12.1 Å². The van der Waals surface area contributed by atoms with Crippen LogP contribution in [0.2, 0.25) is 0 Å². The van der Waals surface area contributed by atoms with Gasteiger partial charge in [-0.05, 0) is 43.7 Å². The van der Waals surface area contributed by atoms with Crippen molar-refractivity contribution in [3.05, 3.63) is 81.4 Å². The van der Waals surface area contributed by atoms with Gasteiger partial charge in [-0.25, -0.2) is 24.3 Å². The Hall–Kier alpha value is -3.13. The summed E-state index contributed by atoms with van der Waals surface area (Å²) in [7, 11) is -5.54. The molecule has 0 radical (unpaired) electrons. The molecular formula is C27H21N8Na2O7P. The number of anilines is 1. The number of benzene rings is 1. The second-order valence-electron chi connectivity index (χ2n) is 9.90. The molecule has 45 heavy (non-hydrogen) atoms. The van der Waals surface area contributed by atoms with E-state index >= 15 is 0 Å². The number of rotatable bonds is 7. The maximum absolute atomic E-state index is 13.8. The summed E-state index contributed by atoms with van der Waals surface area (Å²) in [6, 6.07) is 11.8. The van der Waals surface area contributed by atoms with Crippen LogP contribution in [0.3, 0.4) is 0 Å². The molecule has 4 aromatic heterocycles. The van der Waals surface area contributed by atoms with E-state index < -0.39 is 31.2 Å². The number of carbonyl (C=O) groups excluding carboxylic acids is 1. The molecule has 0 aliphatic heterocycles. The molecule has 15 nitrogen and oxygen atoms in total. The quantitative estimate of drug-likeness (QED) is 0.0999. The van der Waals surface area contributed by atoms with Crippen molar-refractivity contribution in [2.75, 3.05) is 5.32 Å². The smallest absolute Gasteiger partial charge is 0.790 e. The first-order valence-corrected chi connectivity index (χ1v) is 14.0. The first-order valence-electron chi connectivity index (χ1n) is 12.5. The number of carbonyl (C=O) groups is 1. The summed E-state index contributed by atoms with van der Waals surface area (Å²) in [4.78, 5) is 78.0. The van der Waals surface area contributed by atoms with E-state index in [0.717, 1.165) is 4.57 Å². The third kappa shape index (κ3) is 7.65. The summed E-state index contributed by atoms with van der Waals surface area (Å²) in [5.74, 6) is -0.259. The van der Waals surface area contributed by atoms with E-state index in [1.165, 1.54) is 25.5 Å². The maximum atomic E-state index is 13.8. The van der Waals surface area contributed by atoms with E-state index in [1.807, 2.05) is 0 Å². The van der Waals surface area contributed by atoms with Gasteiger partial charge in [-0.3, -0.25) is 24.5 Å². The van der Waals surface area contributed by atoms with Crippen molar-refractivity contribution in [3.8, 4) is 23.0 Å². The molecule has 1 amide bonds. The zero-order valence-electron chi connectivity index (χ0n) is 24.8. The zero-order chi connectivity index (χ0) is 31.1. The van der Waals surface area contributed by atoms with Crippen LogP contribution in [-0.2, 0) is 26.0 Å². The molecule has 0 bridgehead atoms. The molecule has 0 fully saturated rings. The molecule has 0 aliphatic carbocycles. The molecule has 0 aliphatic rings. The predicted octanol–water partition coefficient (Wildman–Crippen LogP) is -4.88. The van der Waals surface area contributed by atoms with Crippen molar-refractivity contribution in [1.29, 1.82) is 5.26 Å². The van der Waals surface area contributed by atoms with Gasteiger partial charge in [-0.2, -0.15) is 5.26 Å². The molecule has 0 unspecified atom stereocenters.